The SMILES string of the molecule is CC1(COc2c(N3CCNC(c4cc(OC=O)c(N)cc4CS(=O)[O-])C3)cnn(-c3cc(F)cc(F)c3)c2=O)CC1. The molecular formula is C27H28F2N5O6S-. The van der Waals surface area contributed by atoms with E-state index < -0.39 is 34.3 Å². The number of hydrogen-bond acceptors (Lipinski definition) is 10. The first kappa shape index (κ1) is 28.6. The van der Waals surface area contributed by atoms with Crippen molar-refractivity contribution in [1.82, 2.24) is 15.1 Å². The molecule has 14 heteroatoms. The molecule has 2 heterocycles. The highest BCUT2D eigenvalue weighted by molar-refractivity contribution is 7.78. The standard InChI is InChI=1S/C27H29F2N5O6S/c1-27(2-3-27)14-39-25-23(11-32-34(26(25)36)19-8-17(28)7-18(29)9-19)33-5-4-31-22(12-33)20-10-24(40-15-35)21(30)6-16(20)13-41(37)38/h6-11,15,22,31H,2-5,12-14,30H2,1H3,(H,37,38)/p-1. The Balaban J connectivity index is 1.53. The van der Waals surface area contributed by atoms with E-state index in [-0.39, 0.29) is 53.7 Å². The molecule has 218 valence electrons. The fourth-order valence-corrected chi connectivity index (χ4v) is 5.31. The smallest absolute Gasteiger partial charge is 0.316 e. The molecule has 2 atom stereocenters. The number of halogens is 2. The van der Waals surface area contributed by atoms with Gasteiger partial charge >= 0.3 is 5.56 Å². The predicted octanol–water partition coefficient (Wildman–Crippen LogP) is 2.34. The maximum Gasteiger partial charge on any atom is 0.316 e. The Morgan fingerprint density at radius 1 is 1.24 bits per heavy atom. The van der Waals surface area contributed by atoms with E-state index in [9.17, 15) is 27.1 Å². The third kappa shape index (κ3) is 6.39. The number of rotatable bonds is 10. The van der Waals surface area contributed by atoms with Crippen LogP contribution in [0.25, 0.3) is 5.69 Å². The van der Waals surface area contributed by atoms with Crippen molar-refractivity contribution in [2.45, 2.75) is 31.6 Å². The number of benzene rings is 2. The molecule has 2 unspecified atom stereocenters. The lowest BCUT2D eigenvalue weighted by Gasteiger charge is -2.37. The van der Waals surface area contributed by atoms with Crippen molar-refractivity contribution in [3.8, 4) is 17.2 Å². The number of ether oxygens (including phenoxy) is 2. The van der Waals surface area contributed by atoms with E-state index >= 15 is 0 Å². The van der Waals surface area contributed by atoms with Gasteiger partial charge in [-0.1, -0.05) is 18.0 Å². The Bertz CT molecular complexity index is 1540. The lowest BCUT2D eigenvalue weighted by Crippen LogP contribution is -2.47. The summed E-state index contributed by atoms with van der Waals surface area (Å²) in [4.78, 5) is 26.5. The lowest BCUT2D eigenvalue weighted by molar-refractivity contribution is -0.120. The maximum absolute atomic E-state index is 13.9. The number of carbonyl (C=O) groups is 1. The molecule has 41 heavy (non-hydrogen) atoms. The van der Waals surface area contributed by atoms with Crippen LogP contribution < -0.4 is 31.0 Å². The van der Waals surface area contributed by atoms with Gasteiger partial charge in [0, 0.05) is 36.9 Å². The molecule has 2 aromatic carbocycles. The highest BCUT2D eigenvalue weighted by Crippen LogP contribution is 2.45. The number of nitrogens with one attached hydrogen (secondary N) is 1. The molecule has 2 fully saturated rings. The monoisotopic (exact) mass is 588 g/mol. The van der Waals surface area contributed by atoms with Gasteiger partial charge in [-0.2, -0.15) is 9.78 Å². The van der Waals surface area contributed by atoms with Gasteiger partial charge in [0.25, 0.3) is 6.47 Å². The van der Waals surface area contributed by atoms with E-state index in [0.717, 1.165) is 29.7 Å². The largest absolute Gasteiger partial charge is 0.772 e. The molecule has 1 saturated carbocycles. The van der Waals surface area contributed by atoms with Gasteiger partial charge in [-0.05, 0) is 48.2 Å². The summed E-state index contributed by atoms with van der Waals surface area (Å²) in [7, 11) is 0. The van der Waals surface area contributed by atoms with Crippen LogP contribution in [0.15, 0.2) is 41.3 Å². The van der Waals surface area contributed by atoms with Crippen LogP contribution in [0.1, 0.15) is 36.9 Å². The average molecular weight is 589 g/mol. The zero-order valence-electron chi connectivity index (χ0n) is 22.1. The Kier molecular flexibility index (Phi) is 8.07. The topological polar surface area (TPSA) is 152 Å². The lowest BCUT2D eigenvalue weighted by atomic mass is 9.97. The van der Waals surface area contributed by atoms with Crippen molar-refractivity contribution in [1.29, 1.82) is 0 Å². The summed E-state index contributed by atoms with van der Waals surface area (Å²) in [6.07, 6.45) is 3.30. The van der Waals surface area contributed by atoms with E-state index in [1.54, 1.807) is 0 Å². The summed E-state index contributed by atoms with van der Waals surface area (Å²) in [5, 5.41) is 7.54. The van der Waals surface area contributed by atoms with Crippen LogP contribution in [0, 0.1) is 17.0 Å². The average Bonchev–Trinajstić information content (AvgIpc) is 3.65. The first-order valence-corrected chi connectivity index (χ1v) is 14.1. The molecule has 3 N–H and O–H groups in total. The molecule has 1 aliphatic carbocycles. The van der Waals surface area contributed by atoms with Gasteiger partial charge in [-0.15, -0.1) is 0 Å². The zero-order valence-corrected chi connectivity index (χ0v) is 22.9. The van der Waals surface area contributed by atoms with Crippen molar-refractivity contribution in [3.63, 3.8) is 0 Å². The minimum absolute atomic E-state index is 0.0124. The fraction of sp³-hybridized carbons (Fsp3) is 0.370. The van der Waals surface area contributed by atoms with Crippen molar-refractivity contribution in [2.24, 2.45) is 5.41 Å². The summed E-state index contributed by atoms with van der Waals surface area (Å²) >= 11 is -2.42. The summed E-state index contributed by atoms with van der Waals surface area (Å²) in [5.41, 5.74) is 6.60. The molecule has 1 aromatic heterocycles. The second-order valence-electron chi connectivity index (χ2n) is 10.5. The zero-order chi connectivity index (χ0) is 29.3. The Hall–Kier alpha value is -3.88. The van der Waals surface area contributed by atoms with Crippen LogP contribution in [0.5, 0.6) is 11.5 Å². The van der Waals surface area contributed by atoms with Gasteiger partial charge in [0.05, 0.1) is 30.2 Å². The number of anilines is 2. The van der Waals surface area contributed by atoms with Crippen molar-refractivity contribution >= 4 is 28.9 Å². The van der Waals surface area contributed by atoms with Crippen molar-refractivity contribution in [3.05, 3.63) is 69.6 Å². The van der Waals surface area contributed by atoms with E-state index in [1.165, 1.54) is 18.3 Å². The minimum atomic E-state index is -2.42. The quantitative estimate of drug-likeness (QED) is 0.205. The van der Waals surface area contributed by atoms with Crippen molar-refractivity contribution in [2.75, 3.05) is 36.9 Å². The van der Waals surface area contributed by atoms with E-state index in [4.69, 9.17) is 15.2 Å². The molecule has 2 aliphatic rings. The Morgan fingerprint density at radius 2 is 1.98 bits per heavy atom. The molecule has 0 radical (unpaired) electrons. The maximum atomic E-state index is 13.9. The molecule has 3 aromatic rings. The second kappa shape index (κ2) is 11.5. The van der Waals surface area contributed by atoms with Crippen LogP contribution in [0.2, 0.25) is 0 Å². The van der Waals surface area contributed by atoms with Crippen molar-refractivity contribution < 1.29 is 31.8 Å². The third-order valence-corrected chi connectivity index (χ3v) is 7.83. The molecular weight excluding hydrogens is 560 g/mol. The van der Waals surface area contributed by atoms with Gasteiger partial charge < -0.3 is 30.0 Å². The van der Waals surface area contributed by atoms with Gasteiger partial charge in [-0.25, -0.2) is 8.78 Å². The van der Waals surface area contributed by atoms with Gasteiger partial charge in [-0.3, -0.25) is 13.8 Å². The Labute approximate surface area is 236 Å². The number of nitrogens with zero attached hydrogens (tertiary/aromatic N) is 3. The summed E-state index contributed by atoms with van der Waals surface area (Å²) in [6, 6.07) is 5.24. The fourth-order valence-electron chi connectivity index (χ4n) is 4.81. The molecule has 0 bridgehead atoms. The number of piperazine rings is 1. The van der Waals surface area contributed by atoms with Crippen LogP contribution >= 0.6 is 0 Å². The highest BCUT2D eigenvalue weighted by atomic mass is 32.2. The molecule has 1 aliphatic heterocycles. The van der Waals surface area contributed by atoms with Crippen LogP contribution in [0.4, 0.5) is 20.2 Å². The van der Waals surface area contributed by atoms with Gasteiger partial charge in [0.15, 0.2) is 5.75 Å². The number of nitrogen functional groups attached to an aromatic ring is 1. The number of aromatic nitrogens is 2. The van der Waals surface area contributed by atoms with Gasteiger partial charge in [0.2, 0.25) is 5.75 Å². The molecule has 11 nitrogen and oxygen atoms in total. The highest BCUT2D eigenvalue weighted by Gasteiger charge is 2.39. The minimum Gasteiger partial charge on any atom is -0.772 e. The predicted molar refractivity (Wildman–Crippen MR) is 146 cm³/mol. The van der Waals surface area contributed by atoms with Gasteiger partial charge in [0.1, 0.15) is 17.3 Å². The summed E-state index contributed by atoms with van der Waals surface area (Å²) in [5.74, 6) is -1.95. The number of nitrogens with two attached hydrogens (primary N) is 1. The summed E-state index contributed by atoms with van der Waals surface area (Å²) < 4.78 is 63.0. The molecule has 1 saturated heterocycles. The first-order valence-electron chi connectivity index (χ1n) is 12.9. The van der Waals surface area contributed by atoms with E-state index in [2.05, 4.69) is 10.4 Å². The van der Waals surface area contributed by atoms with Crippen LogP contribution in [0.3, 0.4) is 0 Å². The second-order valence-corrected chi connectivity index (χ2v) is 11.4. The number of carbonyl (C=O) groups excluding carboxylic acids is 1. The van der Waals surface area contributed by atoms with E-state index in [1.807, 2.05) is 11.8 Å². The van der Waals surface area contributed by atoms with Crippen LogP contribution in [-0.2, 0) is 21.6 Å². The third-order valence-electron chi connectivity index (χ3n) is 7.29. The van der Waals surface area contributed by atoms with E-state index in [0.29, 0.717) is 36.0 Å². The first-order chi connectivity index (χ1) is 19.6. The molecule has 5 rings (SSSR count). The summed E-state index contributed by atoms with van der Waals surface area (Å²) in [6.45, 7) is 3.69. The normalized spacial score (nSPS) is 18.5. The Morgan fingerprint density at radius 3 is 2.63 bits per heavy atom. The van der Waals surface area contributed by atoms with Crippen LogP contribution in [-0.4, -0.2) is 51.3 Å². The molecule has 0 spiro atoms. The number of hydrogen-bond donors (Lipinski definition) is 2. The molecule has 0 amide bonds.